The van der Waals surface area contributed by atoms with Gasteiger partial charge in [0.15, 0.2) is 0 Å². The predicted octanol–water partition coefficient (Wildman–Crippen LogP) is 2.33. The van der Waals surface area contributed by atoms with Gasteiger partial charge in [-0.3, -0.25) is 4.79 Å². The highest BCUT2D eigenvalue weighted by Crippen LogP contribution is 2.35. The minimum atomic E-state index is -4.50. The molecule has 2 atom stereocenters. The van der Waals surface area contributed by atoms with E-state index < -0.39 is 24.2 Å². The molecule has 0 radical (unpaired) electrons. The zero-order chi connectivity index (χ0) is 21.4. The van der Waals surface area contributed by atoms with Crippen molar-refractivity contribution < 1.29 is 22.7 Å². The Hall–Kier alpha value is -2.66. The molecule has 0 saturated carbocycles. The van der Waals surface area contributed by atoms with Gasteiger partial charge in [-0.15, -0.1) is 0 Å². The second-order valence-electron chi connectivity index (χ2n) is 7.13. The molecule has 2 unspecified atom stereocenters. The van der Waals surface area contributed by atoms with E-state index in [9.17, 15) is 18.0 Å². The molecule has 2 aliphatic rings. The fraction of sp³-hybridized carbons (Fsp3) is 0.444. The number of pyridine rings is 1. The number of hydrogen-bond donors (Lipinski definition) is 3. The van der Waals surface area contributed by atoms with E-state index in [1.807, 2.05) is 5.32 Å². The molecular formula is C18H18ClF3N6O2. The number of aromatic nitrogens is 3. The maximum Gasteiger partial charge on any atom is 0.405 e. The van der Waals surface area contributed by atoms with Crippen LogP contribution in [-0.2, 0) is 9.53 Å². The summed E-state index contributed by atoms with van der Waals surface area (Å²) in [7, 11) is 0. The van der Waals surface area contributed by atoms with Crippen LogP contribution in [0, 0.1) is 0 Å². The number of rotatable bonds is 5. The van der Waals surface area contributed by atoms with Crippen molar-refractivity contribution in [3.8, 4) is 0 Å². The molecule has 30 heavy (non-hydrogen) atoms. The second-order valence-corrected chi connectivity index (χ2v) is 7.57. The van der Waals surface area contributed by atoms with E-state index in [2.05, 4.69) is 25.6 Å². The Morgan fingerprint density at radius 3 is 2.97 bits per heavy atom. The highest BCUT2D eigenvalue weighted by molar-refractivity contribution is 6.30. The number of nitrogens with zero attached hydrogens (tertiary/aromatic N) is 3. The summed E-state index contributed by atoms with van der Waals surface area (Å²) in [6, 6.07) is 3.34. The van der Waals surface area contributed by atoms with Crippen molar-refractivity contribution in [1.29, 1.82) is 0 Å². The molecule has 4 rings (SSSR count). The summed E-state index contributed by atoms with van der Waals surface area (Å²) in [4.78, 5) is 25.6. The summed E-state index contributed by atoms with van der Waals surface area (Å²) < 4.78 is 42.9. The normalized spacial score (nSPS) is 23.0. The number of ether oxygens (including phenoxy) is 1. The molecule has 0 spiro atoms. The van der Waals surface area contributed by atoms with Gasteiger partial charge >= 0.3 is 6.18 Å². The van der Waals surface area contributed by atoms with Crippen molar-refractivity contribution in [2.24, 2.45) is 0 Å². The molecule has 2 aromatic rings. The fourth-order valence-electron chi connectivity index (χ4n) is 3.51. The van der Waals surface area contributed by atoms with Crippen LogP contribution < -0.4 is 16.0 Å². The quantitative estimate of drug-likeness (QED) is 0.653. The van der Waals surface area contributed by atoms with Crippen LogP contribution in [0.25, 0.3) is 0 Å². The van der Waals surface area contributed by atoms with Crippen LogP contribution in [0.2, 0.25) is 5.02 Å². The smallest absolute Gasteiger partial charge is 0.378 e. The fourth-order valence-corrected chi connectivity index (χ4v) is 3.68. The minimum Gasteiger partial charge on any atom is -0.378 e. The van der Waals surface area contributed by atoms with Crippen LogP contribution in [0.1, 0.15) is 23.7 Å². The number of carbonyl (C=O) groups excluding carboxylic acids is 1. The number of alkyl halides is 3. The van der Waals surface area contributed by atoms with Crippen molar-refractivity contribution in [3.63, 3.8) is 0 Å². The van der Waals surface area contributed by atoms with Gasteiger partial charge in [0.1, 0.15) is 29.5 Å². The molecule has 4 heterocycles. The van der Waals surface area contributed by atoms with Crippen molar-refractivity contribution in [3.05, 3.63) is 40.9 Å². The van der Waals surface area contributed by atoms with Crippen LogP contribution in [0.3, 0.4) is 0 Å². The zero-order valence-electron chi connectivity index (χ0n) is 15.6. The van der Waals surface area contributed by atoms with E-state index in [-0.39, 0.29) is 25.6 Å². The van der Waals surface area contributed by atoms with E-state index in [0.29, 0.717) is 29.0 Å². The van der Waals surface area contributed by atoms with Crippen LogP contribution in [0.4, 0.5) is 24.8 Å². The van der Waals surface area contributed by atoms with Gasteiger partial charge in [-0.05, 0) is 12.1 Å². The van der Waals surface area contributed by atoms with Crippen LogP contribution in [0.5, 0.6) is 0 Å². The van der Waals surface area contributed by atoms with Gasteiger partial charge in [0.05, 0.1) is 17.5 Å². The minimum absolute atomic E-state index is 0.0661. The molecule has 0 aliphatic carbocycles. The van der Waals surface area contributed by atoms with E-state index in [4.69, 9.17) is 16.3 Å². The molecule has 1 saturated heterocycles. The number of halogens is 4. The van der Waals surface area contributed by atoms with Crippen LogP contribution in [0.15, 0.2) is 24.5 Å². The Labute approximate surface area is 174 Å². The first-order chi connectivity index (χ1) is 14.3. The maximum atomic E-state index is 12.5. The largest absolute Gasteiger partial charge is 0.405 e. The van der Waals surface area contributed by atoms with Crippen molar-refractivity contribution in [2.75, 3.05) is 36.9 Å². The van der Waals surface area contributed by atoms with Crippen molar-refractivity contribution in [2.45, 2.75) is 24.1 Å². The molecule has 8 nitrogen and oxygen atoms in total. The number of nitrogens with one attached hydrogen (secondary N) is 3. The van der Waals surface area contributed by atoms with Gasteiger partial charge in [-0.1, -0.05) is 11.6 Å². The molecule has 0 bridgehead atoms. The Kier molecular flexibility index (Phi) is 5.41. The molecule has 2 aliphatic heterocycles. The van der Waals surface area contributed by atoms with Gasteiger partial charge in [0.2, 0.25) is 5.91 Å². The predicted molar refractivity (Wildman–Crippen MR) is 102 cm³/mol. The summed E-state index contributed by atoms with van der Waals surface area (Å²) >= 11 is 6.05. The molecule has 12 heteroatoms. The molecule has 0 aromatic carbocycles. The highest BCUT2D eigenvalue weighted by Gasteiger charge is 2.44. The third-order valence-electron chi connectivity index (χ3n) is 4.99. The van der Waals surface area contributed by atoms with E-state index in [1.54, 1.807) is 12.1 Å². The van der Waals surface area contributed by atoms with E-state index in [0.717, 1.165) is 5.56 Å². The third-order valence-corrected chi connectivity index (χ3v) is 5.20. The van der Waals surface area contributed by atoms with Crippen molar-refractivity contribution >= 4 is 29.1 Å². The third kappa shape index (κ3) is 4.26. The molecule has 2 aromatic heterocycles. The monoisotopic (exact) mass is 442 g/mol. The maximum absolute atomic E-state index is 12.5. The first-order valence-corrected chi connectivity index (χ1v) is 9.57. The molecule has 1 amide bonds. The molecule has 160 valence electrons. The Morgan fingerprint density at radius 1 is 1.40 bits per heavy atom. The number of hydrogen-bond acceptors (Lipinski definition) is 7. The zero-order valence-corrected chi connectivity index (χ0v) is 16.3. The standard InChI is InChI=1S/C18H18ClF3N6O2/c19-10-5-11-12(7-25-14(11)24-6-10)15-23-3-1-13(27-15)28-17(2-4-30-9-17)16(29)26-8-18(20,21)22/h1,3,5-6,12H,2,4,7-9H2,(H,24,25)(H,26,29)(H,23,27,28). The van der Waals surface area contributed by atoms with Gasteiger partial charge in [0.25, 0.3) is 0 Å². The van der Waals surface area contributed by atoms with Crippen LogP contribution >= 0.6 is 11.6 Å². The summed E-state index contributed by atoms with van der Waals surface area (Å²) in [5.74, 6) is 0.485. The van der Waals surface area contributed by atoms with E-state index >= 15 is 0 Å². The number of carbonyl (C=O) groups is 1. The topological polar surface area (TPSA) is 101 Å². The Balaban J connectivity index is 1.55. The molecular weight excluding hydrogens is 425 g/mol. The lowest BCUT2D eigenvalue weighted by molar-refractivity contribution is -0.141. The lowest BCUT2D eigenvalue weighted by Gasteiger charge is -2.28. The van der Waals surface area contributed by atoms with Gasteiger partial charge in [-0.2, -0.15) is 13.2 Å². The van der Waals surface area contributed by atoms with Crippen molar-refractivity contribution in [1.82, 2.24) is 20.3 Å². The number of anilines is 2. The lowest BCUT2D eigenvalue weighted by atomic mass is 9.97. The first kappa shape index (κ1) is 20.6. The summed E-state index contributed by atoms with van der Waals surface area (Å²) in [5.41, 5.74) is -0.491. The van der Waals surface area contributed by atoms with Crippen LogP contribution in [-0.4, -0.2) is 58.9 Å². The Morgan fingerprint density at radius 2 is 2.23 bits per heavy atom. The SMILES string of the molecule is O=C(NCC(F)(F)F)C1(Nc2ccnc(C3CNc4ncc(Cl)cc43)n2)CCOC1. The highest BCUT2D eigenvalue weighted by atomic mass is 35.5. The van der Waals surface area contributed by atoms with Gasteiger partial charge in [0, 0.05) is 37.5 Å². The van der Waals surface area contributed by atoms with E-state index in [1.165, 1.54) is 12.4 Å². The second kappa shape index (κ2) is 7.88. The average Bonchev–Trinajstić information content (AvgIpc) is 3.33. The summed E-state index contributed by atoms with van der Waals surface area (Å²) in [5, 5.41) is 8.55. The average molecular weight is 443 g/mol. The number of amides is 1. The first-order valence-electron chi connectivity index (χ1n) is 9.19. The lowest BCUT2D eigenvalue weighted by Crippen LogP contribution is -2.54. The van der Waals surface area contributed by atoms with Gasteiger partial charge in [-0.25, -0.2) is 15.0 Å². The van der Waals surface area contributed by atoms with Gasteiger partial charge < -0.3 is 20.7 Å². The molecule has 3 N–H and O–H groups in total. The Bertz CT molecular complexity index is 952. The molecule has 1 fully saturated rings. The summed E-state index contributed by atoms with van der Waals surface area (Å²) in [6.45, 7) is -0.715. The summed E-state index contributed by atoms with van der Waals surface area (Å²) in [6.07, 6.45) is -1.23. The number of fused-ring (bicyclic) bond motifs is 1.